The summed E-state index contributed by atoms with van der Waals surface area (Å²) in [6, 6.07) is 13.0. The van der Waals surface area contributed by atoms with Gasteiger partial charge in [-0.3, -0.25) is 9.59 Å². The number of aliphatic hydroxyl groups is 1. The molecule has 1 fully saturated rings. The van der Waals surface area contributed by atoms with Crippen molar-refractivity contribution < 1.29 is 28.2 Å². The van der Waals surface area contributed by atoms with Crippen molar-refractivity contribution in [3.8, 4) is 5.75 Å². The molecule has 2 aromatic carbocycles. The van der Waals surface area contributed by atoms with Crippen molar-refractivity contribution in [2.75, 3.05) is 13.7 Å². The third kappa shape index (κ3) is 3.99. The fraction of sp³-hybridized carbons (Fsp3) is 0.167. The molecule has 32 heavy (non-hydrogen) atoms. The summed E-state index contributed by atoms with van der Waals surface area (Å²) in [5.74, 6) is -2.36. The fourth-order valence-electron chi connectivity index (χ4n) is 3.76. The first-order chi connectivity index (χ1) is 15.4. The van der Waals surface area contributed by atoms with Crippen LogP contribution in [0.1, 0.15) is 22.9 Å². The molecule has 8 heteroatoms. The van der Waals surface area contributed by atoms with Crippen LogP contribution in [0, 0.1) is 5.82 Å². The van der Waals surface area contributed by atoms with Crippen LogP contribution in [0.15, 0.2) is 70.9 Å². The molecule has 1 aliphatic heterocycles. The second kappa shape index (κ2) is 8.88. The molecule has 2 heterocycles. The van der Waals surface area contributed by atoms with Crippen LogP contribution in [-0.4, -0.2) is 35.4 Å². The van der Waals surface area contributed by atoms with Gasteiger partial charge in [0.05, 0.1) is 24.5 Å². The number of benzene rings is 2. The van der Waals surface area contributed by atoms with E-state index < -0.39 is 29.3 Å². The van der Waals surface area contributed by atoms with E-state index in [9.17, 15) is 19.1 Å². The molecule has 1 aliphatic rings. The van der Waals surface area contributed by atoms with Gasteiger partial charge in [-0.2, -0.15) is 0 Å². The van der Waals surface area contributed by atoms with Crippen LogP contribution in [0.5, 0.6) is 5.75 Å². The number of furan rings is 1. The highest BCUT2D eigenvalue weighted by Crippen LogP contribution is 2.41. The van der Waals surface area contributed by atoms with Gasteiger partial charge in [-0.1, -0.05) is 23.7 Å². The Labute approximate surface area is 188 Å². The van der Waals surface area contributed by atoms with Gasteiger partial charge in [-0.25, -0.2) is 4.39 Å². The van der Waals surface area contributed by atoms with Crippen LogP contribution in [0.25, 0.3) is 5.76 Å². The zero-order valence-electron chi connectivity index (χ0n) is 17.0. The Kier molecular flexibility index (Phi) is 6.01. The Morgan fingerprint density at radius 3 is 2.59 bits per heavy atom. The zero-order valence-corrected chi connectivity index (χ0v) is 17.8. The van der Waals surface area contributed by atoms with E-state index in [1.165, 1.54) is 30.4 Å². The van der Waals surface area contributed by atoms with E-state index in [1.54, 1.807) is 24.3 Å². The van der Waals surface area contributed by atoms with E-state index >= 15 is 0 Å². The number of rotatable bonds is 6. The number of ether oxygens (including phenoxy) is 1. The van der Waals surface area contributed by atoms with Crippen LogP contribution in [0.3, 0.4) is 0 Å². The third-order valence-electron chi connectivity index (χ3n) is 5.32. The Morgan fingerprint density at radius 2 is 1.94 bits per heavy atom. The van der Waals surface area contributed by atoms with Crippen molar-refractivity contribution in [3.63, 3.8) is 0 Å². The second-order valence-corrected chi connectivity index (χ2v) is 7.67. The van der Waals surface area contributed by atoms with Crippen LogP contribution >= 0.6 is 11.6 Å². The summed E-state index contributed by atoms with van der Waals surface area (Å²) in [5, 5.41) is 11.6. The molecule has 1 atom stereocenters. The maximum atomic E-state index is 13.9. The Bertz CT molecular complexity index is 1190. The van der Waals surface area contributed by atoms with Crippen molar-refractivity contribution in [2.24, 2.45) is 0 Å². The molecule has 1 N–H and O–H groups in total. The summed E-state index contributed by atoms with van der Waals surface area (Å²) >= 11 is 5.93. The van der Waals surface area contributed by atoms with E-state index in [4.69, 9.17) is 20.8 Å². The van der Waals surface area contributed by atoms with Gasteiger partial charge in [0.15, 0.2) is 0 Å². The predicted molar refractivity (Wildman–Crippen MR) is 116 cm³/mol. The predicted octanol–water partition coefficient (Wildman–Crippen LogP) is 4.75. The van der Waals surface area contributed by atoms with E-state index in [1.807, 2.05) is 12.1 Å². The van der Waals surface area contributed by atoms with Crippen LogP contribution in [0.4, 0.5) is 4.39 Å². The lowest BCUT2D eigenvalue weighted by Gasteiger charge is -2.23. The first kappa shape index (κ1) is 21.6. The number of carbonyl (C=O) groups is 2. The van der Waals surface area contributed by atoms with Gasteiger partial charge in [0.2, 0.25) is 0 Å². The lowest BCUT2D eigenvalue weighted by atomic mass is 9.98. The Balaban J connectivity index is 1.77. The summed E-state index contributed by atoms with van der Waals surface area (Å²) in [4.78, 5) is 27.2. The molecule has 0 bridgehead atoms. The maximum absolute atomic E-state index is 13.9. The number of nitrogens with zero attached hydrogens (tertiary/aromatic N) is 1. The number of likely N-dealkylation sites (tertiary alicyclic amines) is 1. The summed E-state index contributed by atoms with van der Waals surface area (Å²) in [7, 11) is 1.36. The second-order valence-electron chi connectivity index (χ2n) is 7.23. The number of carbonyl (C=O) groups excluding carboxylic acids is 2. The quantitative estimate of drug-likeness (QED) is 0.330. The number of hydrogen-bond acceptors (Lipinski definition) is 5. The van der Waals surface area contributed by atoms with Gasteiger partial charge in [0.1, 0.15) is 29.1 Å². The normalized spacial score (nSPS) is 17.7. The van der Waals surface area contributed by atoms with Crippen molar-refractivity contribution in [1.82, 2.24) is 4.90 Å². The molecule has 0 spiro atoms. The minimum absolute atomic E-state index is 0.0280. The fourth-order valence-corrected chi connectivity index (χ4v) is 3.89. The first-order valence-corrected chi connectivity index (χ1v) is 10.2. The molecule has 4 rings (SSSR count). The number of halogens is 2. The Morgan fingerprint density at radius 1 is 1.19 bits per heavy atom. The molecular formula is C24H19ClFNO5. The standard InChI is InChI=1S/C24H19ClFNO5/c1-31-18-9-8-16(26)13-17(18)22(28)20-21(19-3-2-12-32-19)27(24(30)23(20)29)11-10-14-4-6-15(25)7-5-14/h2-9,12-13,21,28H,10-11H2,1H3/b22-20-. The average molecular weight is 456 g/mol. The lowest BCUT2D eigenvalue weighted by Crippen LogP contribution is -2.31. The monoisotopic (exact) mass is 455 g/mol. The van der Waals surface area contributed by atoms with E-state index in [-0.39, 0.29) is 23.4 Å². The number of amides is 1. The molecule has 1 saturated heterocycles. The Hall–Kier alpha value is -3.58. The molecule has 1 aromatic heterocycles. The summed E-state index contributed by atoms with van der Waals surface area (Å²) < 4.78 is 24.6. The molecule has 1 unspecified atom stereocenters. The summed E-state index contributed by atoms with van der Waals surface area (Å²) in [6.07, 6.45) is 1.86. The van der Waals surface area contributed by atoms with Gasteiger partial charge >= 0.3 is 0 Å². The minimum Gasteiger partial charge on any atom is -0.507 e. The molecule has 1 amide bonds. The van der Waals surface area contributed by atoms with E-state index in [2.05, 4.69) is 0 Å². The highest BCUT2D eigenvalue weighted by atomic mass is 35.5. The topological polar surface area (TPSA) is 80.0 Å². The average Bonchev–Trinajstić information content (AvgIpc) is 3.40. The smallest absolute Gasteiger partial charge is 0.295 e. The highest BCUT2D eigenvalue weighted by molar-refractivity contribution is 6.46. The van der Waals surface area contributed by atoms with Crippen LogP contribution in [0.2, 0.25) is 5.02 Å². The van der Waals surface area contributed by atoms with Crippen molar-refractivity contribution in [2.45, 2.75) is 12.5 Å². The maximum Gasteiger partial charge on any atom is 0.295 e. The zero-order chi connectivity index (χ0) is 22.8. The summed E-state index contributed by atoms with van der Waals surface area (Å²) in [6.45, 7) is 0.189. The third-order valence-corrected chi connectivity index (χ3v) is 5.58. The molecule has 6 nitrogen and oxygen atoms in total. The molecule has 0 radical (unpaired) electrons. The largest absolute Gasteiger partial charge is 0.507 e. The van der Waals surface area contributed by atoms with Gasteiger partial charge in [0, 0.05) is 11.6 Å². The number of ketones is 1. The molecule has 164 valence electrons. The van der Waals surface area contributed by atoms with Crippen LogP contribution < -0.4 is 4.74 Å². The van der Waals surface area contributed by atoms with E-state index in [0.29, 0.717) is 17.2 Å². The van der Waals surface area contributed by atoms with E-state index in [0.717, 1.165) is 11.6 Å². The SMILES string of the molecule is COc1ccc(F)cc1/C(O)=C1/C(=O)C(=O)N(CCc2ccc(Cl)cc2)C1c1ccco1. The number of methoxy groups -OCH3 is 1. The number of aliphatic hydroxyl groups excluding tert-OH is 1. The van der Waals surface area contributed by atoms with Crippen molar-refractivity contribution in [3.05, 3.63) is 94.2 Å². The molecule has 0 saturated carbocycles. The molecule has 0 aliphatic carbocycles. The molecule has 3 aromatic rings. The van der Waals surface area contributed by atoms with Gasteiger partial charge in [-0.15, -0.1) is 0 Å². The van der Waals surface area contributed by atoms with Gasteiger partial charge in [-0.05, 0) is 54.4 Å². The van der Waals surface area contributed by atoms with Crippen molar-refractivity contribution >= 4 is 29.1 Å². The van der Waals surface area contributed by atoms with Crippen LogP contribution in [-0.2, 0) is 16.0 Å². The number of hydrogen-bond donors (Lipinski definition) is 1. The minimum atomic E-state index is -0.967. The number of Topliss-reactive ketones (excluding diaryl/α,β-unsaturated/α-hetero) is 1. The van der Waals surface area contributed by atoms with Crippen molar-refractivity contribution in [1.29, 1.82) is 0 Å². The highest BCUT2D eigenvalue weighted by Gasteiger charge is 2.47. The summed E-state index contributed by atoms with van der Waals surface area (Å²) in [5.41, 5.74) is 0.700. The van der Waals surface area contributed by atoms with Gasteiger partial charge < -0.3 is 19.2 Å². The first-order valence-electron chi connectivity index (χ1n) is 9.81. The van der Waals surface area contributed by atoms with Gasteiger partial charge in [0.25, 0.3) is 11.7 Å². The lowest BCUT2D eigenvalue weighted by molar-refractivity contribution is -0.140. The molecular weight excluding hydrogens is 437 g/mol.